The Morgan fingerprint density at radius 1 is 1.25 bits per heavy atom. The standard InChI is InChI=1S/C21H28O3/c1-5-6-7-8-15-11-18-20-16(13-23-18)17(10-9-14(2)22)21(3,4)24-19(20)12-15/h11-13,17H,5-10H2,1-4H3. The fraction of sp³-hybridized carbons (Fsp3) is 0.571. The number of hydrogen-bond acceptors (Lipinski definition) is 3. The minimum Gasteiger partial charge on any atom is -0.486 e. The number of hydrogen-bond donors (Lipinski definition) is 0. The summed E-state index contributed by atoms with van der Waals surface area (Å²) < 4.78 is 12.2. The molecule has 0 bridgehead atoms. The second-order valence-corrected chi connectivity index (χ2v) is 7.61. The number of ketones is 1. The Labute approximate surface area is 144 Å². The number of carbonyl (C=O) groups is 1. The van der Waals surface area contributed by atoms with Gasteiger partial charge in [-0.3, -0.25) is 0 Å². The lowest BCUT2D eigenvalue weighted by Gasteiger charge is -2.38. The molecule has 3 rings (SSSR count). The third-order valence-corrected chi connectivity index (χ3v) is 5.17. The molecule has 0 aliphatic carbocycles. The van der Waals surface area contributed by atoms with E-state index in [2.05, 4.69) is 32.9 Å². The lowest BCUT2D eigenvalue weighted by molar-refractivity contribution is -0.117. The number of carbonyl (C=O) groups excluding carboxylic acids is 1. The van der Waals surface area contributed by atoms with Crippen LogP contribution in [0.25, 0.3) is 11.0 Å². The van der Waals surface area contributed by atoms with Crippen LogP contribution in [0.5, 0.6) is 5.75 Å². The van der Waals surface area contributed by atoms with Crippen molar-refractivity contribution in [2.24, 2.45) is 0 Å². The number of benzene rings is 1. The summed E-state index contributed by atoms with van der Waals surface area (Å²) in [5.74, 6) is 1.34. The molecule has 1 aromatic carbocycles. The van der Waals surface area contributed by atoms with E-state index >= 15 is 0 Å². The average molecular weight is 328 g/mol. The Bertz CT molecular complexity index is 739. The highest BCUT2D eigenvalue weighted by Crippen LogP contribution is 2.48. The van der Waals surface area contributed by atoms with Gasteiger partial charge in [-0.15, -0.1) is 0 Å². The number of Topliss-reactive ketones (excluding diaryl/α,β-unsaturated/α-hetero) is 1. The van der Waals surface area contributed by atoms with Crippen LogP contribution in [0.3, 0.4) is 0 Å². The molecular weight excluding hydrogens is 300 g/mol. The molecule has 0 radical (unpaired) electrons. The van der Waals surface area contributed by atoms with E-state index in [0.29, 0.717) is 6.42 Å². The van der Waals surface area contributed by atoms with Gasteiger partial charge in [-0.25, -0.2) is 0 Å². The van der Waals surface area contributed by atoms with E-state index in [1.54, 1.807) is 6.92 Å². The molecule has 1 atom stereocenters. The first kappa shape index (κ1) is 17.1. The first-order chi connectivity index (χ1) is 11.4. The van der Waals surface area contributed by atoms with Gasteiger partial charge < -0.3 is 13.9 Å². The van der Waals surface area contributed by atoms with Gasteiger partial charge in [0.1, 0.15) is 22.7 Å². The lowest BCUT2D eigenvalue weighted by atomic mass is 9.78. The topological polar surface area (TPSA) is 39.4 Å². The highest BCUT2D eigenvalue weighted by atomic mass is 16.5. The van der Waals surface area contributed by atoms with Gasteiger partial charge in [-0.2, -0.15) is 0 Å². The maximum atomic E-state index is 11.4. The van der Waals surface area contributed by atoms with E-state index < -0.39 is 0 Å². The Hall–Kier alpha value is -1.77. The van der Waals surface area contributed by atoms with Crippen molar-refractivity contribution in [1.29, 1.82) is 0 Å². The van der Waals surface area contributed by atoms with Crippen molar-refractivity contribution in [2.45, 2.75) is 77.7 Å². The van der Waals surface area contributed by atoms with Crippen molar-refractivity contribution >= 4 is 16.8 Å². The highest BCUT2D eigenvalue weighted by Gasteiger charge is 2.40. The largest absolute Gasteiger partial charge is 0.486 e. The fourth-order valence-electron chi connectivity index (χ4n) is 3.85. The zero-order valence-electron chi connectivity index (χ0n) is 15.3. The molecule has 2 heterocycles. The molecule has 24 heavy (non-hydrogen) atoms. The van der Waals surface area contributed by atoms with Crippen molar-refractivity contribution in [3.05, 3.63) is 29.5 Å². The number of ether oxygens (including phenoxy) is 1. The van der Waals surface area contributed by atoms with E-state index in [4.69, 9.17) is 9.15 Å². The van der Waals surface area contributed by atoms with Crippen LogP contribution < -0.4 is 4.74 Å². The summed E-state index contributed by atoms with van der Waals surface area (Å²) in [5.41, 5.74) is 3.06. The van der Waals surface area contributed by atoms with E-state index in [9.17, 15) is 4.79 Å². The van der Waals surface area contributed by atoms with Crippen LogP contribution in [-0.4, -0.2) is 11.4 Å². The number of unbranched alkanes of at least 4 members (excludes halogenated alkanes) is 2. The quantitative estimate of drug-likeness (QED) is 0.604. The number of aryl methyl sites for hydroxylation is 1. The normalized spacial score (nSPS) is 18.6. The van der Waals surface area contributed by atoms with Crippen LogP contribution in [0, 0.1) is 0 Å². The van der Waals surface area contributed by atoms with Gasteiger partial charge in [-0.1, -0.05) is 19.8 Å². The average Bonchev–Trinajstić information content (AvgIpc) is 2.90. The second kappa shape index (κ2) is 6.62. The molecule has 0 saturated carbocycles. The molecule has 1 aliphatic rings. The van der Waals surface area contributed by atoms with Gasteiger partial charge in [0.05, 0.1) is 11.6 Å². The molecule has 130 valence electrons. The number of furan rings is 1. The summed E-state index contributed by atoms with van der Waals surface area (Å²) in [6, 6.07) is 4.33. The Morgan fingerprint density at radius 2 is 2.04 bits per heavy atom. The van der Waals surface area contributed by atoms with E-state index in [1.165, 1.54) is 30.4 Å². The molecular formula is C21H28O3. The minimum absolute atomic E-state index is 0.182. The smallest absolute Gasteiger partial charge is 0.138 e. The summed E-state index contributed by atoms with van der Waals surface area (Å²) in [5, 5.41) is 1.10. The van der Waals surface area contributed by atoms with Crippen LogP contribution in [0.4, 0.5) is 0 Å². The van der Waals surface area contributed by atoms with Gasteiger partial charge in [0, 0.05) is 17.9 Å². The molecule has 3 heteroatoms. The highest BCUT2D eigenvalue weighted by molar-refractivity contribution is 5.90. The summed E-state index contributed by atoms with van der Waals surface area (Å²) in [4.78, 5) is 11.4. The SMILES string of the molecule is CCCCCc1cc2c3c(coc3c1)C(CCC(C)=O)C(C)(C)O2. The Kier molecular flexibility index (Phi) is 4.71. The summed E-state index contributed by atoms with van der Waals surface area (Å²) in [6.45, 7) is 8.10. The predicted molar refractivity (Wildman–Crippen MR) is 96.8 cm³/mol. The van der Waals surface area contributed by atoms with E-state index in [1.807, 2.05) is 6.26 Å². The fourth-order valence-corrected chi connectivity index (χ4v) is 3.85. The van der Waals surface area contributed by atoms with Gasteiger partial charge >= 0.3 is 0 Å². The predicted octanol–water partition coefficient (Wildman–Crippen LogP) is 5.79. The van der Waals surface area contributed by atoms with E-state index in [0.717, 1.165) is 29.6 Å². The van der Waals surface area contributed by atoms with E-state index in [-0.39, 0.29) is 17.3 Å². The molecule has 0 amide bonds. The third-order valence-electron chi connectivity index (χ3n) is 5.17. The first-order valence-electron chi connectivity index (χ1n) is 9.15. The van der Waals surface area contributed by atoms with Crippen LogP contribution in [0.15, 0.2) is 22.8 Å². The Balaban J connectivity index is 1.96. The van der Waals surface area contributed by atoms with Crippen LogP contribution >= 0.6 is 0 Å². The van der Waals surface area contributed by atoms with Crippen molar-refractivity contribution in [2.75, 3.05) is 0 Å². The first-order valence-corrected chi connectivity index (χ1v) is 9.15. The Morgan fingerprint density at radius 3 is 2.75 bits per heavy atom. The summed E-state index contributed by atoms with van der Waals surface area (Å²) >= 11 is 0. The molecule has 0 spiro atoms. The molecule has 1 unspecified atom stereocenters. The summed E-state index contributed by atoms with van der Waals surface area (Å²) in [7, 11) is 0. The van der Waals surface area contributed by atoms with Gasteiger partial charge in [0.2, 0.25) is 0 Å². The van der Waals surface area contributed by atoms with Crippen LogP contribution in [-0.2, 0) is 11.2 Å². The van der Waals surface area contributed by atoms with Crippen LogP contribution in [0.2, 0.25) is 0 Å². The summed E-state index contributed by atoms with van der Waals surface area (Å²) in [6.07, 6.45) is 7.98. The molecule has 1 aliphatic heterocycles. The van der Waals surface area contributed by atoms with Crippen LogP contribution in [0.1, 0.15) is 76.8 Å². The molecule has 3 nitrogen and oxygen atoms in total. The molecule has 0 N–H and O–H groups in total. The zero-order valence-corrected chi connectivity index (χ0v) is 15.3. The maximum Gasteiger partial charge on any atom is 0.138 e. The molecule has 1 aromatic heterocycles. The maximum absolute atomic E-state index is 11.4. The van der Waals surface area contributed by atoms with Gasteiger partial charge in [0.25, 0.3) is 0 Å². The van der Waals surface area contributed by atoms with Gasteiger partial charge in [0.15, 0.2) is 0 Å². The molecule has 0 saturated heterocycles. The second-order valence-electron chi connectivity index (χ2n) is 7.61. The van der Waals surface area contributed by atoms with Crippen molar-refractivity contribution in [3.63, 3.8) is 0 Å². The molecule has 0 fully saturated rings. The third kappa shape index (κ3) is 3.22. The van der Waals surface area contributed by atoms with Gasteiger partial charge in [-0.05, 0) is 57.7 Å². The number of rotatable bonds is 7. The minimum atomic E-state index is -0.332. The zero-order chi connectivity index (χ0) is 17.3. The van der Waals surface area contributed by atoms with Crippen molar-refractivity contribution in [3.8, 4) is 5.75 Å². The monoisotopic (exact) mass is 328 g/mol. The van der Waals surface area contributed by atoms with Crippen molar-refractivity contribution < 1.29 is 13.9 Å². The van der Waals surface area contributed by atoms with Crippen molar-refractivity contribution in [1.82, 2.24) is 0 Å². The molecule has 2 aromatic rings. The lowest BCUT2D eigenvalue weighted by Crippen LogP contribution is -2.38.